The molecular weight excluding hydrogens is 247 g/mol. The van der Waals surface area contributed by atoms with E-state index in [2.05, 4.69) is 10.3 Å². The summed E-state index contributed by atoms with van der Waals surface area (Å²) in [5.74, 6) is 0.437. The molecule has 1 aromatic carbocycles. The number of aromatic nitrogens is 1. The molecule has 1 fully saturated rings. The summed E-state index contributed by atoms with van der Waals surface area (Å²) in [5.41, 5.74) is 1.00. The molecule has 0 amide bonds. The van der Waals surface area contributed by atoms with Gasteiger partial charge in [-0.15, -0.1) is 11.3 Å². The molecule has 1 aliphatic heterocycles. The minimum atomic E-state index is -0.200. The number of nitrogens with zero attached hydrogens (tertiary/aromatic N) is 1. The molecule has 94 valence electrons. The Morgan fingerprint density at radius 1 is 1.17 bits per heavy atom. The predicted molar refractivity (Wildman–Crippen MR) is 72.4 cm³/mol. The molecule has 2 heterocycles. The Hall–Kier alpha value is -1.26. The summed E-state index contributed by atoms with van der Waals surface area (Å²) in [6.45, 7) is 2.18. The lowest BCUT2D eigenvalue weighted by Crippen LogP contribution is -2.26. The van der Waals surface area contributed by atoms with Gasteiger partial charge in [-0.25, -0.2) is 9.37 Å². The first-order valence-electron chi connectivity index (χ1n) is 6.25. The molecule has 0 radical (unpaired) electrons. The molecule has 2 aromatic rings. The normalized spacial score (nSPS) is 16.9. The molecule has 0 unspecified atom stereocenters. The third-order valence-corrected chi connectivity index (χ3v) is 4.57. The van der Waals surface area contributed by atoms with E-state index >= 15 is 0 Å². The molecule has 3 rings (SSSR count). The number of hydrogen-bond donors (Lipinski definition) is 1. The first-order chi connectivity index (χ1) is 8.83. The van der Waals surface area contributed by atoms with Crippen molar-refractivity contribution in [3.8, 4) is 10.6 Å². The maximum Gasteiger partial charge on any atom is 0.123 e. The Bertz CT molecular complexity index is 515. The van der Waals surface area contributed by atoms with Crippen LogP contribution in [0.3, 0.4) is 0 Å². The zero-order valence-corrected chi connectivity index (χ0v) is 10.8. The van der Waals surface area contributed by atoms with Crippen molar-refractivity contribution >= 4 is 11.3 Å². The van der Waals surface area contributed by atoms with E-state index in [0.29, 0.717) is 5.92 Å². The van der Waals surface area contributed by atoms with Crippen LogP contribution in [0.1, 0.15) is 23.6 Å². The Labute approximate surface area is 110 Å². The number of halogens is 1. The van der Waals surface area contributed by atoms with Crippen molar-refractivity contribution in [1.82, 2.24) is 10.3 Å². The molecule has 2 nitrogen and oxygen atoms in total. The van der Waals surface area contributed by atoms with Gasteiger partial charge in [0.05, 0.1) is 0 Å². The van der Waals surface area contributed by atoms with Gasteiger partial charge >= 0.3 is 0 Å². The lowest BCUT2D eigenvalue weighted by atomic mass is 9.97. The summed E-state index contributed by atoms with van der Waals surface area (Å²) in [6, 6.07) is 6.56. The Balaban J connectivity index is 1.82. The number of hydrogen-bond acceptors (Lipinski definition) is 3. The van der Waals surface area contributed by atoms with Gasteiger partial charge in [0.15, 0.2) is 0 Å². The van der Waals surface area contributed by atoms with E-state index in [1.807, 2.05) is 6.20 Å². The SMILES string of the molecule is Fc1ccc(-c2ncc(C3CCNCC3)s2)cc1. The highest BCUT2D eigenvalue weighted by Gasteiger charge is 2.18. The topological polar surface area (TPSA) is 24.9 Å². The molecule has 4 heteroatoms. The zero-order chi connectivity index (χ0) is 12.4. The lowest BCUT2D eigenvalue weighted by molar-refractivity contribution is 0.465. The molecule has 1 aliphatic rings. The highest BCUT2D eigenvalue weighted by atomic mass is 32.1. The summed E-state index contributed by atoms with van der Waals surface area (Å²) in [7, 11) is 0. The van der Waals surface area contributed by atoms with Gasteiger partial charge in [-0.05, 0) is 56.1 Å². The summed E-state index contributed by atoms with van der Waals surface area (Å²) in [6.07, 6.45) is 4.36. The van der Waals surface area contributed by atoms with Gasteiger partial charge in [-0.2, -0.15) is 0 Å². The second kappa shape index (κ2) is 5.16. The van der Waals surface area contributed by atoms with Crippen molar-refractivity contribution < 1.29 is 4.39 Å². The van der Waals surface area contributed by atoms with Gasteiger partial charge in [0.1, 0.15) is 10.8 Å². The van der Waals surface area contributed by atoms with E-state index in [9.17, 15) is 4.39 Å². The van der Waals surface area contributed by atoms with Crippen LogP contribution in [0.2, 0.25) is 0 Å². The molecule has 1 aromatic heterocycles. The van der Waals surface area contributed by atoms with E-state index in [1.165, 1.54) is 29.9 Å². The van der Waals surface area contributed by atoms with Crippen LogP contribution in [0.15, 0.2) is 30.5 Å². The van der Waals surface area contributed by atoms with Crippen LogP contribution in [0.5, 0.6) is 0 Å². The summed E-state index contributed by atoms with van der Waals surface area (Å²) >= 11 is 1.74. The average molecular weight is 262 g/mol. The Morgan fingerprint density at radius 3 is 2.61 bits per heavy atom. The predicted octanol–water partition coefficient (Wildman–Crippen LogP) is 3.42. The minimum Gasteiger partial charge on any atom is -0.317 e. The molecule has 0 aliphatic carbocycles. The quantitative estimate of drug-likeness (QED) is 0.897. The summed E-state index contributed by atoms with van der Waals surface area (Å²) in [5, 5.41) is 4.36. The van der Waals surface area contributed by atoms with Gasteiger partial charge in [-0.3, -0.25) is 0 Å². The van der Waals surface area contributed by atoms with Crippen molar-refractivity contribution in [3.05, 3.63) is 41.2 Å². The maximum absolute atomic E-state index is 12.9. The first kappa shape index (κ1) is 11.8. The summed E-state index contributed by atoms with van der Waals surface area (Å²) in [4.78, 5) is 5.82. The van der Waals surface area contributed by atoms with Gasteiger partial charge in [0.25, 0.3) is 0 Å². The maximum atomic E-state index is 12.9. The van der Waals surface area contributed by atoms with Crippen LogP contribution in [0, 0.1) is 5.82 Å². The fraction of sp³-hybridized carbons (Fsp3) is 0.357. The van der Waals surface area contributed by atoms with Gasteiger partial charge in [0, 0.05) is 16.6 Å². The Kier molecular flexibility index (Phi) is 3.39. The highest BCUT2D eigenvalue weighted by Crippen LogP contribution is 2.33. The third kappa shape index (κ3) is 2.44. The van der Waals surface area contributed by atoms with Crippen LogP contribution in [-0.2, 0) is 0 Å². The minimum absolute atomic E-state index is 0.200. The van der Waals surface area contributed by atoms with Crippen molar-refractivity contribution in [2.24, 2.45) is 0 Å². The average Bonchev–Trinajstić information content (AvgIpc) is 2.90. The van der Waals surface area contributed by atoms with Crippen molar-refractivity contribution in [2.45, 2.75) is 18.8 Å². The number of benzene rings is 1. The van der Waals surface area contributed by atoms with Crippen LogP contribution in [0.4, 0.5) is 4.39 Å². The van der Waals surface area contributed by atoms with E-state index in [1.54, 1.807) is 23.5 Å². The second-order valence-electron chi connectivity index (χ2n) is 4.60. The van der Waals surface area contributed by atoms with Crippen molar-refractivity contribution in [1.29, 1.82) is 0 Å². The largest absolute Gasteiger partial charge is 0.317 e. The molecule has 18 heavy (non-hydrogen) atoms. The monoisotopic (exact) mass is 262 g/mol. The summed E-state index contributed by atoms with van der Waals surface area (Å²) < 4.78 is 12.9. The molecule has 0 saturated carbocycles. The van der Waals surface area contributed by atoms with Crippen LogP contribution in [-0.4, -0.2) is 18.1 Å². The molecule has 1 saturated heterocycles. The van der Waals surface area contributed by atoms with Crippen molar-refractivity contribution in [3.63, 3.8) is 0 Å². The van der Waals surface area contributed by atoms with Crippen LogP contribution < -0.4 is 5.32 Å². The lowest BCUT2D eigenvalue weighted by Gasteiger charge is -2.20. The van der Waals surface area contributed by atoms with Crippen LogP contribution in [0.25, 0.3) is 10.6 Å². The molecule has 0 atom stereocenters. The fourth-order valence-electron chi connectivity index (χ4n) is 2.31. The second-order valence-corrected chi connectivity index (χ2v) is 5.66. The van der Waals surface area contributed by atoms with Crippen LogP contribution >= 0.6 is 11.3 Å². The zero-order valence-electron chi connectivity index (χ0n) is 10.0. The van der Waals surface area contributed by atoms with Gasteiger partial charge in [-0.1, -0.05) is 0 Å². The molecule has 0 spiro atoms. The standard InChI is InChI=1S/C14H15FN2S/c15-12-3-1-11(2-4-12)14-17-9-13(18-14)10-5-7-16-8-6-10/h1-4,9-10,16H,5-8H2. The van der Waals surface area contributed by atoms with E-state index in [-0.39, 0.29) is 5.82 Å². The van der Waals surface area contributed by atoms with Gasteiger partial charge < -0.3 is 5.32 Å². The molecular formula is C14H15FN2S. The number of piperidine rings is 1. The highest BCUT2D eigenvalue weighted by molar-refractivity contribution is 7.15. The van der Waals surface area contributed by atoms with Crippen molar-refractivity contribution in [2.75, 3.05) is 13.1 Å². The number of rotatable bonds is 2. The smallest absolute Gasteiger partial charge is 0.123 e. The third-order valence-electron chi connectivity index (χ3n) is 3.36. The van der Waals surface area contributed by atoms with E-state index in [0.717, 1.165) is 23.7 Å². The first-order valence-corrected chi connectivity index (χ1v) is 7.07. The molecule has 1 N–H and O–H groups in total. The van der Waals surface area contributed by atoms with Gasteiger partial charge in [0.2, 0.25) is 0 Å². The number of nitrogens with one attached hydrogen (secondary N) is 1. The Morgan fingerprint density at radius 2 is 1.89 bits per heavy atom. The fourth-order valence-corrected chi connectivity index (χ4v) is 3.40. The van der Waals surface area contributed by atoms with E-state index < -0.39 is 0 Å². The number of thiazole rings is 1. The van der Waals surface area contributed by atoms with E-state index in [4.69, 9.17) is 0 Å². The molecule has 0 bridgehead atoms.